The van der Waals surface area contributed by atoms with Crippen molar-refractivity contribution in [2.24, 2.45) is 5.16 Å². The highest BCUT2D eigenvalue weighted by Crippen LogP contribution is 2.22. The number of nitrogens with one attached hydrogen (secondary N) is 1. The Kier molecular flexibility index (Phi) is 6.77. The molecule has 0 saturated heterocycles. The number of hydrogen-bond acceptors (Lipinski definition) is 4. The summed E-state index contributed by atoms with van der Waals surface area (Å²) in [7, 11) is 1.37. The van der Waals surface area contributed by atoms with Crippen molar-refractivity contribution < 1.29 is 18.8 Å². The van der Waals surface area contributed by atoms with Gasteiger partial charge in [0.25, 0.3) is 5.91 Å². The van der Waals surface area contributed by atoms with Gasteiger partial charge < -0.3 is 14.9 Å². The van der Waals surface area contributed by atoms with E-state index in [1.807, 2.05) is 19.1 Å². The third-order valence-corrected chi connectivity index (χ3v) is 3.58. The van der Waals surface area contributed by atoms with Crippen molar-refractivity contribution in [2.45, 2.75) is 13.5 Å². The van der Waals surface area contributed by atoms with Crippen LogP contribution in [0.15, 0.2) is 47.6 Å². The Bertz CT molecular complexity index is 781. The van der Waals surface area contributed by atoms with Gasteiger partial charge in [0.15, 0.2) is 5.71 Å². The molecular formula is C18H18ClFN2O3. The molecule has 0 atom stereocenters. The number of nitrogens with zero attached hydrogens (tertiary/aromatic N) is 1. The standard InChI is InChI=1S/C18H18ClFN2O3/c1-3-21-18(23)17(22-24-2)14-7-5-4-6-12(14)11-25-13-8-9-16(20)15(19)10-13/h4-10H,3,11H2,1-2H3,(H,21,23)/b22-17+. The number of amides is 1. The fourth-order valence-corrected chi connectivity index (χ4v) is 2.32. The summed E-state index contributed by atoms with van der Waals surface area (Å²) >= 11 is 5.75. The third kappa shape index (κ3) is 4.93. The van der Waals surface area contributed by atoms with E-state index in [2.05, 4.69) is 10.5 Å². The summed E-state index contributed by atoms with van der Waals surface area (Å²) in [4.78, 5) is 17.0. The first-order chi connectivity index (χ1) is 12.1. The topological polar surface area (TPSA) is 59.9 Å². The summed E-state index contributed by atoms with van der Waals surface area (Å²) in [6.07, 6.45) is 0. The molecule has 0 aliphatic rings. The van der Waals surface area contributed by atoms with Gasteiger partial charge in [0.1, 0.15) is 25.3 Å². The Balaban J connectivity index is 2.25. The molecule has 2 rings (SSSR count). The van der Waals surface area contributed by atoms with Gasteiger partial charge in [-0.25, -0.2) is 4.39 Å². The van der Waals surface area contributed by atoms with Gasteiger partial charge in [-0.2, -0.15) is 0 Å². The van der Waals surface area contributed by atoms with Crippen molar-refractivity contribution in [3.8, 4) is 5.75 Å². The molecule has 0 radical (unpaired) electrons. The maximum Gasteiger partial charge on any atom is 0.273 e. The lowest BCUT2D eigenvalue weighted by atomic mass is 10.0. The van der Waals surface area contributed by atoms with Crippen molar-refractivity contribution in [2.75, 3.05) is 13.7 Å². The largest absolute Gasteiger partial charge is 0.489 e. The fourth-order valence-electron chi connectivity index (χ4n) is 2.15. The molecular weight excluding hydrogens is 347 g/mol. The van der Waals surface area contributed by atoms with Crippen LogP contribution in [-0.4, -0.2) is 25.3 Å². The number of oxime groups is 1. The van der Waals surface area contributed by atoms with Crippen LogP contribution >= 0.6 is 11.6 Å². The van der Waals surface area contributed by atoms with Crippen LogP contribution in [0, 0.1) is 5.82 Å². The molecule has 25 heavy (non-hydrogen) atoms. The lowest BCUT2D eigenvalue weighted by Crippen LogP contribution is -2.32. The number of likely N-dealkylation sites (N-methyl/N-ethyl adjacent to an activating group) is 1. The molecule has 0 bridgehead atoms. The van der Waals surface area contributed by atoms with Crippen LogP contribution in [0.2, 0.25) is 5.02 Å². The molecule has 0 aliphatic heterocycles. The second kappa shape index (κ2) is 9.03. The highest BCUT2D eigenvalue weighted by atomic mass is 35.5. The zero-order valence-electron chi connectivity index (χ0n) is 13.9. The molecule has 0 aliphatic carbocycles. The zero-order chi connectivity index (χ0) is 18.2. The van der Waals surface area contributed by atoms with E-state index in [1.54, 1.807) is 12.1 Å². The van der Waals surface area contributed by atoms with E-state index in [1.165, 1.54) is 25.3 Å². The predicted octanol–water partition coefficient (Wildman–Crippen LogP) is 3.54. The van der Waals surface area contributed by atoms with Gasteiger partial charge in [0.2, 0.25) is 0 Å². The highest BCUT2D eigenvalue weighted by molar-refractivity contribution is 6.45. The normalized spacial score (nSPS) is 11.1. The monoisotopic (exact) mass is 364 g/mol. The Hall–Kier alpha value is -2.60. The van der Waals surface area contributed by atoms with Crippen LogP contribution in [-0.2, 0) is 16.2 Å². The third-order valence-electron chi connectivity index (χ3n) is 3.29. The van der Waals surface area contributed by atoms with Crippen LogP contribution in [0.1, 0.15) is 18.1 Å². The number of carbonyl (C=O) groups excluding carboxylic acids is 1. The smallest absolute Gasteiger partial charge is 0.273 e. The minimum absolute atomic E-state index is 0.0188. The lowest BCUT2D eigenvalue weighted by Gasteiger charge is -2.12. The van der Waals surface area contributed by atoms with E-state index in [9.17, 15) is 9.18 Å². The van der Waals surface area contributed by atoms with Crippen molar-refractivity contribution in [1.82, 2.24) is 5.32 Å². The zero-order valence-corrected chi connectivity index (χ0v) is 14.6. The van der Waals surface area contributed by atoms with Gasteiger partial charge in [0, 0.05) is 18.2 Å². The molecule has 2 aromatic carbocycles. The van der Waals surface area contributed by atoms with Crippen molar-refractivity contribution in [3.63, 3.8) is 0 Å². The van der Waals surface area contributed by atoms with Crippen LogP contribution < -0.4 is 10.1 Å². The number of ether oxygens (including phenoxy) is 1. The number of hydrogen-bond donors (Lipinski definition) is 1. The van der Waals surface area contributed by atoms with E-state index < -0.39 is 5.82 Å². The second-order valence-corrected chi connectivity index (χ2v) is 5.41. The molecule has 0 heterocycles. The summed E-state index contributed by atoms with van der Waals surface area (Å²) in [6, 6.07) is 11.3. The maximum absolute atomic E-state index is 13.2. The maximum atomic E-state index is 13.2. The number of halogens is 2. The van der Waals surface area contributed by atoms with Gasteiger partial charge in [-0.15, -0.1) is 0 Å². The molecule has 0 saturated carbocycles. The van der Waals surface area contributed by atoms with Gasteiger partial charge in [-0.05, 0) is 24.6 Å². The fraction of sp³-hybridized carbons (Fsp3) is 0.222. The average molecular weight is 365 g/mol. The van der Waals surface area contributed by atoms with E-state index >= 15 is 0 Å². The van der Waals surface area contributed by atoms with E-state index in [4.69, 9.17) is 21.2 Å². The van der Waals surface area contributed by atoms with Gasteiger partial charge >= 0.3 is 0 Å². The summed E-state index contributed by atoms with van der Waals surface area (Å²) in [5, 5.41) is 6.51. The Morgan fingerprint density at radius 2 is 2.04 bits per heavy atom. The summed E-state index contributed by atoms with van der Waals surface area (Å²) in [5.74, 6) is -0.439. The molecule has 0 spiro atoms. The van der Waals surface area contributed by atoms with Crippen LogP contribution in [0.3, 0.4) is 0 Å². The van der Waals surface area contributed by atoms with Crippen molar-refractivity contribution in [3.05, 3.63) is 64.4 Å². The van der Waals surface area contributed by atoms with E-state index in [-0.39, 0.29) is 23.2 Å². The molecule has 7 heteroatoms. The second-order valence-electron chi connectivity index (χ2n) is 5.00. The number of rotatable bonds is 7. The van der Waals surface area contributed by atoms with E-state index in [0.717, 1.165) is 5.56 Å². The number of carbonyl (C=O) groups is 1. The molecule has 1 N–H and O–H groups in total. The first-order valence-corrected chi connectivity index (χ1v) is 8.00. The molecule has 132 valence electrons. The number of benzene rings is 2. The molecule has 5 nitrogen and oxygen atoms in total. The minimum Gasteiger partial charge on any atom is -0.489 e. The highest BCUT2D eigenvalue weighted by Gasteiger charge is 2.18. The Morgan fingerprint density at radius 3 is 2.72 bits per heavy atom. The predicted molar refractivity (Wildman–Crippen MR) is 94.4 cm³/mol. The minimum atomic E-state index is -0.514. The summed E-state index contributed by atoms with van der Waals surface area (Å²) < 4.78 is 18.9. The quantitative estimate of drug-likeness (QED) is 0.603. The van der Waals surface area contributed by atoms with Crippen LogP contribution in [0.5, 0.6) is 5.75 Å². The van der Waals surface area contributed by atoms with E-state index in [0.29, 0.717) is 17.9 Å². The molecule has 0 unspecified atom stereocenters. The molecule has 0 fully saturated rings. The lowest BCUT2D eigenvalue weighted by molar-refractivity contribution is -0.114. The van der Waals surface area contributed by atoms with Gasteiger partial charge in [-0.1, -0.05) is 41.0 Å². The average Bonchev–Trinajstić information content (AvgIpc) is 2.61. The van der Waals surface area contributed by atoms with Crippen molar-refractivity contribution >= 4 is 23.2 Å². The van der Waals surface area contributed by atoms with Gasteiger partial charge in [0.05, 0.1) is 5.02 Å². The molecule has 0 aromatic heterocycles. The van der Waals surface area contributed by atoms with Crippen LogP contribution in [0.4, 0.5) is 4.39 Å². The van der Waals surface area contributed by atoms with Crippen LogP contribution in [0.25, 0.3) is 0 Å². The summed E-state index contributed by atoms with van der Waals surface area (Å²) in [5.41, 5.74) is 1.47. The first-order valence-electron chi connectivity index (χ1n) is 7.62. The van der Waals surface area contributed by atoms with Gasteiger partial charge in [-0.3, -0.25) is 4.79 Å². The molecule has 1 amide bonds. The Labute approximate surface area is 150 Å². The Morgan fingerprint density at radius 1 is 1.28 bits per heavy atom. The van der Waals surface area contributed by atoms with Crippen molar-refractivity contribution in [1.29, 1.82) is 0 Å². The SMILES string of the molecule is CCNC(=O)/C(=N/OC)c1ccccc1COc1ccc(F)c(Cl)c1. The molecule has 2 aromatic rings. The first kappa shape index (κ1) is 18.7. The summed E-state index contributed by atoms with van der Waals surface area (Å²) in [6.45, 7) is 2.43.